The van der Waals surface area contributed by atoms with Crippen LogP contribution in [0.1, 0.15) is 26.2 Å². The number of benzene rings is 1. The molecule has 1 aromatic carbocycles. The molecule has 0 saturated carbocycles. The standard InChI is InChI=1S/C15H21NO2/c1-2-15(17)16-10-6-7-13(11-16)12-18-14-8-4-3-5-9-14/h3-5,8-9,13H,2,6-7,10-12H2,1H3. The van der Waals surface area contributed by atoms with Crippen molar-refractivity contribution >= 4 is 5.91 Å². The summed E-state index contributed by atoms with van der Waals surface area (Å²) >= 11 is 0. The first kappa shape index (κ1) is 12.9. The summed E-state index contributed by atoms with van der Waals surface area (Å²) in [6, 6.07) is 9.87. The predicted octanol–water partition coefficient (Wildman–Crippen LogP) is 2.71. The van der Waals surface area contributed by atoms with Crippen LogP contribution in [0.5, 0.6) is 5.75 Å². The van der Waals surface area contributed by atoms with Crippen molar-refractivity contribution in [2.75, 3.05) is 19.7 Å². The highest BCUT2D eigenvalue weighted by Gasteiger charge is 2.22. The molecule has 0 bridgehead atoms. The van der Waals surface area contributed by atoms with Gasteiger partial charge in [-0.25, -0.2) is 0 Å². The summed E-state index contributed by atoms with van der Waals surface area (Å²) in [5.74, 6) is 1.64. The molecule has 3 nitrogen and oxygen atoms in total. The molecule has 1 atom stereocenters. The van der Waals surface area contributed by atoms with E-state index in [0.29, 0.717) is 18.9 Å². The van der Waals surface area contributed by atoms with Crippen molar-refractivity contribution < 1.29 is 9.53 Å². The Labute approximate surface area is 109 Å². The Bertz CT molecular complexity index is 377. The first-order valence-corrected chi connectivity index (χ1v) is 6.75. The van der Waals surface area contributed by atoms with Gasteiger partial charge in [-0.15, -0.1) is 0 Å². The minimum Gasteiger partial charge on any atom is -0.493 e. The van der Waals surface area contributed by atoms with E-state index in [0.717, 1.165) is 31.7 Å². The first-order valence-electron chi connectivity index (χ1n) is 6.75. The van der Waals surface area contributed by atoms with Crippen LogP contribution < -0.4 is 4.74 Å². The van der Waals surface area contributed by atoms with Crippen LogP contribution in [0.3, 0.4) is 0 Å². The molecule has 2 rings (SSSR count). The Kier molecular flexibility index (Phi) is 4.62. The van der Waals surface area contributed by atoms with Gasteiger partial charge in [-0.05, 0) is 25.0 Å². The second-order valence-corrected chi connectivity index (χ2v) is 4.83. The monoisotopic (exact) mass is 247 g/mol. The normalized spacial score (nSPS) is 19.6. The highest BCUT2D eigenvalue weighted by atomic mass is 16.5. The second kappa shape index (κ2) is 6.43. The molecule has 1 aliphatic rings. The van der Waals surface area contributed by atoms with Gasteiger partial charge < -0.3 is 9.64 Å². The summed E-state index contributed by atoms with van der Waals surface area (Å²) in [5.41, 5.74) is 0. The number of piperidine rings is 1. The lowest BCUT2D eigenvalue weighted by molar-refractivity contribution is -0.132. The largest absolute Gasteiger partial charge is 0.493 e. The number of para-hydroxylation sites is 1. The molecule has 1 aliphatic heterocycles. The topological polar surface area (TPSA) is 29.5 Å². The molecule has 1 amide bonds. The molecule has 1 saturated heterocycles. The number of hydrogen-bond donors (Lipinski definition) is 0. The summed E-state index contributed by atoms with van der Waals surface area (Å²) < 4.78 is 5.77. The van der Waals surface area contributed by atoms with Crippen LogP contribution >= 0.6 is 0 Å². The molecule has 0 radical (unpaired) electrons. The van der Waals surface area contributed by atoms with Crippen molar-refractivity contribution in [3.8, 4) is 5.75 Å². The maximum absolute atomic E-state index is 11.7. The number of carbonyl (C=O) groups is 1. The maximum atomic E-state index is 11.7. The zero-order chi connectivity index (χ0) is 12.8. The van der Waals surface area contributed by atoms with Crippen molar-refractivity contribution in [1.82, 2.24) is 4.90 Å². The Morgan fingerprint density at radius 3 is 2.89 bits per heavy atom. The fourth-order valence-corrected chi connectivity index (χ4v) is 2.38. The number of rotatable bonds is 4. The van der Waals surface area contributed by atoms with Crippen LogP contribution in [0, 0.1) is 5.92 Å². The smallest absolute Gasteiger partial charge is 0.222 e. The van der Waals surface area contributed by atoms with Crippen molar-refractivity contribution in [1.29, 1.82) is 0 Å². The number of amides is 1. The molecule has 3 heteroatoms. The van der Waals surface area contributed by atoms with Gasteiger partial charge in [-0.1, -0.05) is 25.1 Å². The quantitative estimate of drug-likeness (QED) is 0.818. The van der Waals surface area contributed by atoms with E-state index < -0.39 is 0 Å². The molecular formula is C15H21NO2. The number of ether oxygens (including phenoxy) is 1. The van der Waals surface area contributed by atoms with Gasteiger partial charge in [0.15, 0.2) is 0 Å². The molecule has 0 aliphatic carbocycles. The lowest BCUT2D eigenvalue weighted by Crippen LogP contribution is -2.41. The van der Waals surface area contributed by atoms with E-state index in [1.807, 2.05) is 42.2 Å². The predicted molar refractivity (Wildman–Crippen MR) is 71.5 cm³/mol. The van der Waals surface area contributed by atoms with Gasteiger partial charge in [-0.2, -0.15) is 0 Å². The summed E-state index contributed by atoms with van der Waals surface area (Å²) in [4.78, 5) is 13.6. The zero-order valence-electron chi connectivity index (χ0n) is 11.0. The molecule has 1 fully saturated rings. The van der Waals surface area contributed by atoms with Crippen LogP contribution in [0.4, 0.5) is 0 Å². The van der Waals surface area contributed by atoms with Crippen LogP contribution in [0.25, 0.3) is 0 Å². The number of nitrogens with zero attached hydrogens (tertiary/aromatic N) is 1. The number of likely N-dealkylation sites (tertiary alicyclic amines) is 1. The van der Waals surface area contributed by atoms with E-state index in [1.165, 1.54) is 0 Å². The van der Waals surface area contributed by atoms with E-state index in [4.69, 9.17) is 4.74 Å². The first-order chi connectivity index (χ1) is 8.79. The van der Waals surface area contributed by atoms with Gasteiger partial charge in [0.25, 0.3) is 0 Å². The number of carbonyl (C=O) groups excluding carboxylic acids is 1. The summed E-state index contributed by atoms with van der Waals surface area (Å²) in [6.45, 7) is 4.39. The molecule has 0 N–H and O–H groups in total. The van der Waals surface area contributed by atoms with E-state index >= 15 is 0 Å². The maximum Gasteiger partial charge on any atom is 0.222 e. The van der Waals surface area contributed by atoms with Crippen molar-refractivity contribution in [3.63, 3.8) is 0 Å². The molecule has 0 aromatic heterocycles. The molecule has 1 aromatic rings. The Hall–Kier alpha value is -1.51. The van der Waals surface area contributed by atoms with E-state index in [1.54, 1.807) is 0 Å². The van der Waals surface area contributed by atoms with Gasteiger partial charge in [0.2, 0.25) is 5.91 Å². The average Bonchev–Trinajstić information content (AvgIpc) is 2.45. The lowest BCUT2D eigenvalue weighted by atomic mass is 9.99. The zero-order valence-corrected chi connectivity index (χ0v) is 11.0. The van der Waals surface area contributed by atoms with E-state index in [-0.39, 0.29) is 5.91 Å². The van der Waals surface area contributed by atoms with Crippen molar-refractivity contribution in [2.24, 2.45) is 5.92 Å². The van der Waals surface area contributed by atoms with Crippen LogP contribution in [-0.4, -0.2) is 30.5 Å². The van der Waals surface area contributed by atoms with Crippen molar-refractivity contribution in [3.05, 3.63) is 30.3 Å². The fourth-order valence-electron chi connectivity index (χ4n) is 2.38. The van der Waals surface area contributed by atoms with Crippen LogP contribution in [-0.2, 0) is 4.79 Å². The van der Waals surface area contributed by atoms with Crippen molar-refractivity contribution in [2.45, 2.75) is 26.2 Å². The molecule has 98 valence electrons. The molecular weight excluding hydrogens is 226 g/mol. The third-order valence-electron chi connectivity index (χ3n) is 3.40. The fraction of sp³-hybridized carbons (Fsp3) is 0.533. The van der Waals surface area contributed by atoms with Crippen LogP contribution in [0.2, 0.25) is 0 Å². The van der Waals surface area contributed by atoms with Gasteiger partial charge in [0, 0.05) is 25.4 Å². The minimum absolute atomic E-state index is 0.263. The third-order valence-corrected chi connectivity index (χ3v) is 3.40. The Balaban J connectivity index is 1.81. The van der Waals surface area contributed by atoms with Crippen LogP contribution in [0.15, 0.2) is 30.3 Å². The summed E-state index contributed by atoms with van der Waals surface area (Å²) in [7, 11) is 0. The average molecular weight is 247 g/mol. The van der Waals surface area contributed by atoms with Gasteiger partial charge >= 0.3 is 0 Å². The Morgan fingerprint density at radius 1 is 1.39 bits per heavy atom. The minimum atomic E-state index is 0.263. The SMILES string of the molecule is CCC(=O)N1CCCC(COc2ccccc2)C1. The summed E-state index contributed by atoms with van der Waals surface area (Å²) in [6.07, 6.45) is 2.85. The molecule has 0 spiro atoms. The lowest BCUT2D eigenvalue weighted by Gasteiger charge is -2.32. The van der Waals surface area contributed by atoms with Gasteiger partial charge in [0.1, 0.15) is 5.75 Å². The highest BCUT2D eigenvalue weighted by Crippen LogP contribution is 2.19. The number of hydrogen-bond acceptors (Lipinski definition) is 2. The second-order valence-electron chi connectivity index (χ2n) is 4.83. The summed E-state index contributed by atoms with van der Waals surface area (Å²) in [5, 5.41) is 0. The van der Waals surface area contributed by atoms with Gasteiger partial charge in [0.05, 0.1) is 6.61 Å². The van der Waals surface area contributed by atoms with E-state index in [9.17, 15) is 4.79 Å². The van der Waals surface area contributed by atoms with Gasteiger partial charge in [-0.3, -0.25) is 4.79 Å². The van der Waals surface area contributed by atoms with E-state index in [2.05, 4.69) is 0 Å². The molecule has 18 heavy (non-hydrogen) atoms. The highest BCUT2D eigenvalue weighted by molar-refractivity contribution is 5.75. The third kappa shape index (κ3) is 3.49. The molecule has 1 heterocycles. The Morgan fingerprint density at radius 2 is 2.17 bits per heavy atom. The molecule has 1 unspecified atom stereocenters.